The van der Waals surface area contributed by atoms with Crippen LogP contribution in [0.5, 0.6) is 5.75 Å². The first-order valence-corrected chi connectivity index (χ1v) is 7.64. The Morgan fingerprint density at radius 3 is 2.32 bits per heavy atom. The number of nitrogens with two attached hydrogens (primary N) is 1. The van der Waals surface area contributed by atoms with Gasteiger partial charge in [-0.1, -0.05) is 11.8 Å². The average Bonchev–Trinajstić information content (AvgIpc) is 2.86. The monoisotopic (exact) mass is 293 g/mol. The zero-order valence-electron chi connectivity index (χ0n) is 10.1. The van der Waals surface area contributed by atoms with Gasteiger partial charge in [0.1, 0.15) is 9.96 Å². The predicted molar refractivity (Wildman–Crippen MR) is 74.7 cm³/mol. The molecular weight excluding hydrogens is 282 g/mol. The molecule has 0 fully saturated rings. The smallest absolute Gasteiger partial charge is 0.247 e. The first-order valence-electron chi connectivity index (χ1n) is 5.28. The van der Waals surface area contributed by atoms with Gasteiger partial charge >= 0.3 is 0 Å². The van der Waals surface area contributed by atoms with Crippen LogP contribution in [0.1, 0.15) is 10.4 Å². The summed E-state index contributed by atoms with van der Waals surface area (Å²) < 4.78 is 27.4. The maximum absolute atomic E-state index is 11.1. The summed E-state index contributed by atoms with van der Waals surface area (Å²) in [6.07, 6.45) is 0. The zero-order valence-corrected chi connectivity index (χ0v) is 11.7. The molecule has 0 amide bonds. The van der Waals surface area contributed by atoms with E-state index in [1.54, 1.807) is 13.2 Å². The molecule has 0 bridgehead atoms. The van der Waals surface area contributed by atoms with E-state index < -0.39 is 10.0 Å². The second-order valence-electron chi connectivity index (χ2n) is 3.64. The molecule has 0 aliphatic rings. The highest BCUT2D eigenvalue weighted by atomic mass is 32.2. The Balaban J connectivity index is 2.21. The Hall–Kier alpha value is -1.81. The molecule has 0 aliphatic carbocycles. The van der Waals surface area contributed by atoms with Crippen molar-refractivity contribution in [3.05, 3.63) is 46.8 Å². The maximum Gasteiger partial charge on any atom is 0.247 e. The summed E-state index contributed by atoms with van der Waals surface area (Å²) in [6.45, 7) is 0. The van der Waals surface area contributed by atoms with Crippen LogP contribution < -0.4 is 9.88 Å². The van der Waals surface area contributed by atoms with Gasteiger partial charge in [0.2, 0.25) is 10.0 Å². The third-order valence-corrected chi connectivity index (χ3v) is 4.72. The molecule has 98 valence electrons. The molecule has 0 radical (unpaired) electrons. The van der Waals surface area contributed by atoms with Crippen molar-refractivity contribution in [1.82, 2.24) is 0 Å². The Morgan fingerprint density at radius 2 is 1.79 bits per heavy atom. The lowest BCUT2D eigenvalue weighted by atomic mass is 10.2. The van der Waals surface area contributed by atoms with E-state index in [2.05, 4.69) is 11.8 Å². The van der Waals surface area contributed by atoms with Crippen molar-refractivity contribution in [2.24, 2.45) is 5.14 Å². The second-order valence-corrected chi connectivity index (χ2v) is 6.51. The molecule has 1 aromatic carbocycles. The lowest BCUT2D eigenvalue weighted by Crippen LogP contribution is -2.09. The van der Waals surface area contributed by atoms with Gasteiger partial charge in [0.25, 0.3) is 0 Å². The van der Waals surface area contributed by atoms with Gasteiger partial charge in [-0.3, -0.25) is 0 Å². The number of primary sulfonamides is 1. The Bertz CT molecular complexity index is 734. The molecule has 0 saturated carbocycles. The molecule has 0 unspecified atom stereocenters. The van der Waals surface area contributed by atoms with E-state index in [-0.39, 0.29) is 4.21 Å². The molecule has 2 N–H and O–H groups in total. The lowest BCUT2D eigenvalue weighted by Gasteiger charge is -1.97. The molecule has 0 saturated heterocycles. The van der Waals surface area contributed by atoms with Gasteiger partial charge in [0.05, 0.1) is 12.0 Å². The fourth-order valence-electron chi connectivity index (χ4n) is 1.35. The van der Waals surface area contributed by atoms with E-state index in [1.807, 2.05) is 24.3 Å². The summed E-state index contributed by atoms with van der Waals surface area (Å²) in [6, 6.07) is 10.4. The second kappa shape index (κ2) is 5.45. The summed E-state index contributed by atoms with van der Waals surface area (Å²) in [4.78, 5) is 0.653. The van der Waals surface area contributed by atoms with Crippen molar-refractivity contribution in [3.8, 4) is 17.6 Å². The van der Waals surface area contributed by atoms with Gasteiger partial charge < -0.3 is 4.74 Å². The van der Waals surface area contributed by atoms with E-state index in [4.69, 9.17) is 9.88 Å². The fraction of sp³-hybridized carbons (Fsp3) is 0.0769. The number of sulfonamides is 1. The quantitative estimate of drug-likeness (QED) is 0.858. The van der Waals surface area contributed by atoms with Crippen LogP contribution in [0, 0.1) is 11.8 Å². The fourth-order valence-corrected chi connectivity index (χ4v) is 2.93. The number of hydrogen-bond acceptors (Lipinski definition) is 4. The molecule has 6 heteroatoms. The van der Waals surface area contributed by atoms with E-state index in [1.165, 1.54) is 6.07 Å². The third-order valence-electron chi connectivity index (χ3n) is 2.28. The number of hydrogen-bond donors (Lipinski definition) is 1. The minimum Gasteiger partial charge on any atom is -0.497 e. The minimum absolute atomic E-state index is 0.117. The average molecular weight is 293 g/mol. The van der Waals surface area contributed by atoms with Crippen molar-refractivity contribution in [3.63, 3.8) is 0 Å². The van der Waals surface area contributed by atoms with Crippen LogP contribution in [0.2, 0.25) is 0 Å². The molecule has 2 rings (SSSR count). The van der Waals surface area contributed by atoms with Gasteiger partial charge in [0, 0.05) is 5.56 Å². The van der Waals surface area contributed by atoms with Crippen LogP contribution in [0.3, 0.4) is 0 Å². The Kier molecular flexibility index (Phi) is 3.90. The summed E-state index contributed by atoms with van der Waals surface area (Å²) >= 11 is 1.06. The molecule has 0 atom stereocenters. The summed E-state index contributed by atoms with van der Waals surface area (Å²) in [5, 5.41) is 5.03. The normalized spacial score (nSPS) is 10.6. The summed E-state index contributed by atoms with van der Waals surface area (Å²) in [5.41, 5.74) is 0.825. The highest BCUT2D eigenvalue weighted by Gasteiger charge is 2.09. The van der Waals surface area contributed by atoms with Crippen LogP contribution in [-0.2, 0) is 10.0 Å². The number of methoxy groups -OCH3 is 1. The van der Waals surface area contributed by atoms with Gasteiger partial charge in [-0.15, -0.1) is 11.3 Å². The highest BCUT2D eigenvalue weighted by Crippen LogP contribution is 2.19. The van der Waals surface area contributed by atoms with Gasteiger partial charge in [-0.05, 0) is 36.4 Å². The minimum atomic E-state index is -3.64. The SMILES string of the molecule is COc1ccc(C#Cc2ccc(S(N)(=O)=O)s2)cc1. The van der Waals surface area contributed by atoms with Crippen LogP contribution >= 0.6 is 11.3 Å². The van der Waals surface area contributed by atoms with Gasteiger partial charge in [-0.2, -0.15) is 0 Å². The maximum atomic E-state index is 11.1. The molecule has 0 aliphatic heterocycles. The summed E-state index contributed by atoms with van der Waals surface area (Å²) in [7, 11) is -2.04. The molecule has 4 nitrogen and oxygen atoms in total. The number of ether oxygens (including phenoxy) is 1. The number of rotatable bonds is 2. The van der Waals surface area contributed by atoms with E-state index in [0.29, 0.717) is 4.88 Å². The van der Waals surface area contributed by atoms with Crippen molar-refractivity contribution in [2.45, 2.75) is 4.21 Å². The highest BCUT2D eigenvalue weighted by molar-refractivity contribution is 7.91. The molecule has 1 heterocycles. The van der Waals surface area contributed by atoms with Gasteiger partial charge in [0.15, 0.2) is 0 Å². The van der Waals surface area contributed by atoms with Crippen molar-refractivity contribution in [1.29, 1.82) is 0 Å². The van der Waals surface area contributed by atoms with Crippen LogP contribution in [-0.4, -0.2) is 15.5 Å². The molecule has 2 aromatic rings. The van der Waals surface area contributed by atoms with Crippen molar-refractivity contribution >= 4 is 21.4 Å². The first kappa shape index (κ1) is 13.6. The Morgan fingerprint density at radius 1 is 1.11 bits per heavy atom. The van der Waals surface area contributed by atoms with Crippen LogP contribution in [0.15, 0.2) is 40.6 Å². The zero-order chi connectivity index (χ0) is 13.9. The van der Waals surface area contributed by atoms with E-state index in [0.717, 1.165) is 22.6 Å². The molecule has 1 aromatic heterocycles. The molecular formula is C13H11NO3S2. The number of thiophene rings is 1. The van der Waals surface area contributed by atoms with Crippen molar-refractivity contribution < 1.29 is 13.2 Å². The van der Waals surface area contributed by atoms with Gasteiger partial charge in [-0.25, -0.2) is 13.6 Å². The van der Waals surface area contributed by atoms with E-state index >= 15 is 0 Å². The van der Waals surface area contributed by atoms with Crippen LogP contribution in [0.4, 0.5) is 0 Å². The lowest BCUT2D eigenvalue weighted by molar-refractivity contribution is 0.415. The largest absolute Gasteiger partial charge is 0.497 e. The third kappa shape index (κ3) is 3.58. The van der Waals surface area contributed by atoms with E-state index in [9.17, 15) is 8.42 Å². The predicted octanol–water partition coefficient (Wildman–Crippen LogP) is 1.80. The topological polar surface area (TPSA) is 69.4 Å². The summed E-state index contributed by atoms with van der Waals surface area (Å²) in [5.74, 6) is 6.61. The molecule has 0 spiro atoms. The molecule has 19 heavy (non-hydrogen) atoms. The first-order chi connectivity index (χ1) is 8.99. The number of benzene rings is 1. The van der Waals surface area contributed by atoms with Crippen LogP contribution in [0.25, 0.3) is 0 Å². The Labute approximate surface area is 115 Å². The van der Waals surface area contributed by atoms with Crippen molar-refractivity contribution in [2.75, 3.05) is 7.11 Å². The standard InChI is InChI=1S/C13H11NO3S2/c1-17-11-5-2-10(3-6-11)4-7-12-8-9-13(18-12)19(14,15)16/h2-3,5-6,8-9H,1H3,(H2,14,15,16).